The predicted molar refractivity (Wildman–Crippen MR) is 97.4 cm³/mol. The molecule has 1 nitrogen and oxygen atoms in total. The van der Waals surface area contributed by atoms with Crippen molar-refractivity contribution in [3.63, 3.8) is 0 Å². The fraction of sp³-hybridized carbons (Fsp3) is 0.889. The van der Waals surface area contributed by atoms with Gasteiger partial charge in [0.1, 0.15) is 0 Å². The quantitative estimate of drug-likeness (QED) is 0.278. The molecule has 0 aliphatic heterocycles. The number of unbranched alkanes of at least 4 members (excludes halogenated alkanes) is 3. The van der Waals surface area contributed by atoms with Gasteiger partial charge in [0, 0.05) is 0 Å². The van der Waals surface area contributed by atoms with Gasteiger partial charge >= 0.3 is 133 Å². The average molecular weight is 388 g/mol. The van der Waals surface area contributed by atoms with Crippen LogP contribution < -0.4 is 0 Å². The zero-order valence-electron chi connectivity index (χ0n) is 14.9. The molecule has 0 rings (SSSR count). The van der Waals surface area contributed by atoms with Gasteiger partial charge in [-0.3, -0.25) is 0 Å². The maximum absolute atomic E-state index is 2.55. The Morgan fingerprint density at radius 3 is 1.55 bits per heavy atom. The summed E-state index contributed by atoms with van der Waals surface area (Å²) in [4.78, 5) is 2.26. The normalized spacial score (nSPS) is 12.7. The first-order valence-electron chi connectivity index (χ1n) is 8.90. The van der Waals surface area contributed by atoms with Crippen LogP contribution in [-0.2, 0) is 0 Å². The van der Waals surface area contributed by atoms with Gasteiger partial charge in [-0.25, -0.2) is 0 Å². The summed E-state index contributed by atoms with van der Waals surface area (Å²) in [6, 6.07) is 0. The molecule has 120 valence electrons. The Hall–Kier alpha value is 0.499. The molecule has 0 radical (unpaired) electrons. The van der Waals surface area contributed by atoms with Gasteiger partial charge in [-0.1, -0.05) is 0 Å². The summed E-state index contributed by atoms with van der Waals surface area (Å²) in [5.74, 6) is 0. The van der Waals surface area contributed by atoms with Crippen molar-refractivity contribution in [1.82, 2.24) is 4.90 Å². The van der Waals surface area contributed by atoms with E-state index in [1.54, 1.807) is 13.3 Å². The fourth-order valence-corrected chi connectivity index (χ4v) is 18.2. The van der Waals surface area contributed by atoms with E-state index in [0.717, 1.165) is 6.54 Å². The minimum atomic E-state index is -1.87. The molecule has 20 heavy (non-hydrogen) atoms. The van der Waals surface area contributed by atoms with Gasteiger partial charge in [0.2, 0.25) is 0 Å². The van der Waals surface area contributed by atoms with E-state index in [0.29, 0.717) is 0 Å². The number of likely N-dealkylation sites (N-methyl/N-ethyl adjacent to an activating group) is 1. The first-order chi connectivity index (χ1) is 9.60. The van der Waals surface area contributed by atoms with Crippen LogP contribution in [0.2, 0.25) is 17.7 Å². The second-order valence-electron chi connectivity index (χ2n) is 6.75. The first-order valence-corrected chi connectivity index (χ1v) is 17.0. The van der Waals surface area contributed by atoms with Crippen LogP contribution in [-0.4, -0.2) is 43.9 Å². The average Bonchev–Trinajstić information content (AvgIpc) is 2.44. The van der Waals surface area contributed by atoms with Crippen molar-refractivity contribution < 1.29 is 0 Å². The Labute approximate surface area is 133 Å². The van der Waals surface area contributed by atoms with E-state index in [1.165, 1.54) is 43.0 Å². The Bertz CT molecular complexity index is 214. The standard InChI is InChI=1S/C6H12N.3C4H9.Sn/c1-4-5-6-7(2)3;3*1-3-4-2;/h4-5H,1,6H2,2-3H3;3*1,3-4H2,2H3;/b5-4+;;;;. The molecule has 2 heteroatoms. The molecule has 0 bridgehead atoms. The third kappa shape index (κ3) is 10.3. The van der Waals surface area contributed by atoms with Crippen LogP contribution in [0.4, 0.5) is 0 Å². The number of hydrogen-bond acceptors (Lipinski definition) is 1. The maximum atomic E-state index is 2.55. The van der Waals surface area contributed by atoms with Gasteiger partial charge in [0.25, 0.3) is 0 Å². The molecule has 0 aromatic heterocycles. The van der Waals surface area contributed by atoms with Crippen molar-refractivity contribution in [2.24, 2.45) is 0 Å². The first kappa shape index (κ1) is 20.5. The zero-order valence-corrected chi connectivity index (χ0v) is 17.7. The fourth-order valence-electron chi connectivity index (χ4n) is 2.96. The van der Waals surface area contributed by atoms with Crippen LogP contribution in [0, 0.1) is 0 Å². The number of nitrogens with zero attached hydrogens (tertiary/aromatic N) is 1. The van der Waals surface area contributed by atoms with Crippen molar-refractivity contribution in [2.45, 2.75) is 77.0 Å². The van der Waals surface area contributed by atoms with Gasteiger partial charge in [0.05, 0.1) is 0 Å². The van der Waals surface area contributed by atoms with Gasteiger partial charge in [-0.05, 0) is 0 Å². The molecule has 0 amide bonds. The molecule has 0 aromatic carbocycles. The molecule has 0 unspecified atom stereocenters. The molecule has 0 atom stereocenters. The zero-order chi connectivity index (χ0) is 15.3. The monoisotopic (exact) mass is 389 g/mol. The molecule has 0 saturated heterocycles. The van der Waals surface area contributed by atoms with E-state index in [9.17, 15) is 0 Å². The number of hydrogen-bond donors (Lipinski definition) is 0. The van der Waals surface area contributed by atoms with Crippen LogP contribution >= 0.6 is 0 Å². The Morgan fingerprint density at radius 2 is 1.20 bits per heavy atom. The SMILES string of the molecule is CCC[CH2][Sn]([CH2]/C=C/CN(C)C)([CH2]CCC)[CH2]CCC. The van der Waals surface area contributed by atoms with Crippen LogP contribution in [0.1, 0.15) is 59.3 Å². The van der Waals surface area contributed by atoms with Crippen molar-refractivity contribution in [1.29, 1.82) is 0 Å². The summed E-state index contributed by atoms with van der Waals surface area (Å²) < 4.78 is 6.41. The van der Waals surface area contributed by atoms with E-state index in [2.05, 4.69) is 51.9 Å². The Kier molecular flexibility index (Phi) is 13.5. The molecule has 0 saturated carbocycles. The van der Waals surface area contributed by atoms with Crippen molar-refractivity contribution in [2.75, 3.05) is 20.6 Å². The van der Waals surface area contributed by atoms with E-state index in [4.69, 9.17) is 0 Å². The molecule has 0 heterocycles. The van der Waals surface area contributed by atoms with Crippen molar-refractivity contribution >= 4 is 18.4 Å². The van der Waals surface area contributed by atoms with E-state index >= 15 is 0 Å². The molecular weight excluding hydrogens is 349 g/mol. The minimum absolute atomic E-state index is 1.11. The summed E-state index contributed by atoms with van der Waals surface area (Å²) in [7, 11) is 4.32. The van der Waals surface area contributed by atoms with E-state index < -0.39 is 18.4 Å². The predicted octanol–water partition coefficient (Wildman–Crippen LogP) is 5.95. The van der Waals surface area contributed by atoms with E-state index in [-0.39, 0.29) is 0 Å². The summed E-state index contributed by atoms with van der Waals surface area (Å²) in [6.07, 6.45) is 13.6. The molecule has 0 aliphatic carbocycles. The van der Waals surface area contributed by atoms with Gasteiger partial charge in [-0.15, -0.1) is 0 Å². The second kappa shape index (κ2) is 13.2. The topological polar surface area (TPSA) is 3.24 Å². The molecule has 0 N–H and O–H groups in total. The van der Waals surface area contributed by atoms with Crippen LogP contribution in [0.5, 0.6) is 0 Å². The Balaban J connectivity index is 4.61. The molecule has 0 fully saturated rings. The molecule has 0 aromatic rings. The van der Waals surface area contributed by atoms with Gasteiger partial charge in [0.15, 0.2) is 0 Å². The van der Waals surface area contributed by atoms with Crippen molar-refractivity contribution in [3.05, 3.63) is 12.2 Å². The third-order valence-electron chi connectivity index (χ3n) is 4.37. The summed E-state index contributed by atoms with van der Waals surface area (Å²) in [5.41, 5.74) is 0. The van der Waals surface area contributed by atoms with Crippen LogP contribution in [0.15, 0.2) is 12.2 Å². The Morgan fingerprint density at radius 1 is 0.750 bits per heavy atom. The summed E-state index contributed by atoms with van der Waals surface area (Å²) >= 11 is -1.87. The van der Waals surface area contributed by atoms with Gasteiger partial charge < -0.3 is 0 Å². The van der Waals surface area contributed by atoms with Crippen molar-refractivity contribution in [3.8, 4) is 0 Å². The molecule has 0 aliphatic rings. The van der Waals surface area contributed by atoms with Gasteiger partial charge in [-0.2, -0.15) is 0 Å². The molecule has 0 spiro atoms. The van der Waals surface area contributed by atoms with Crippen LogP contribution in [0.25, 0.3) is 0 Å². The summed E-state index contributed by atoms with van der Waals surface area (Å²) in [6.45, 7) is 8.19. The summed E-state index contributed by atoms with van der Waals surface area (Å²) in [5, 5.41) is 0. The number of rotatable bonds is 13. The van der Waals surface area contributed by atoms with Crippen LogP contribution in [0.3, 0.4) is 0 Å². The number of allylic oxidation sites excluding steroid dienone is 1. The second-order valence-corrected chi connectivity index (χ2v) is 20.8. The molecular formula is C18H39NSn. The van der Waals surface area contributed by atoms with E-state index in [1.807, 2.05) is 0 Å². The third-order valence-corrected chi connectivity index (χ3v) is 19.6.